The summed E-state index contributed by atoms with van der Waals surface area (Å²) in [4.78, 5) is 14.3. The predicted octanol–water partition coefficient (Wildman–Crippen LogP) is 2.68. The Bertz CT molecular complexity index is 506. The highest BCUT2D eigenvalue weighted by Gasteiger charge is 2.33. The van der Waals surface area contributed by atoms with Gasteiger partial charge >= 0.3 is 0 Å². The minimum Gasteiger partial charge on any atom is -0.396 e. The average molecular weight is 279 g/mol. The summed E-state index contributed by atoms with van der Waals surface area (Å²) in [5.41, 5.74) is 1.30. The van der Waals surface area contributed by atoms with Crippen molar-refractivity contribution in [3.05, 3.63) is 34.6 Å². The number of nitrogens with zero attached hydrogens (tertiary/aromatic N) is 1. The second kappa shape index (κ2) is 5.52. The Kier molecular flexibility index (Phi) is 4.14. The monoisotopic (exact) mass is 279 g/mol. The number of benzene rings is 1. The summed E-state index contributed by atoms with van der Waals surface area (Å²) >= 11 is 0. The van der Waals surface area contributed by atoms with Gasteiger partial charge in [-0.15, -0.1) is 0 Å². The molecule has 0 aromatic heterocycles. The van der Waals surface area contributed by atoms with Gasteiger partial charge in [0, 0.05) is 24.1 Å². The van der Waals surface area contributed by atoms with E-state index in [9.17, 15) is 14.3 Å². The highest BCUT2D eigenvalue weighted by Crippen LogP contribution is 2.29. The number of rotatable bonds is 2. The Morgan fingerprint density at radius 3 is 2.55 bits per heavy atom. The van der Waals surface area contributed by atoms with Gasteiger partial charge in [0.15, 0.2) is 0 Å². The average Bonchev–Trinajstić information content (AvgIpc) is 2.43. The second-order valence-corrected chi connectivity index (χ2v) is 6.22. The topological polar surface area (TPSA) is 40.5 Å². The minimum absolute atomic E-state index is 0.0735. The van der Waals surface area contributed by atoms with Gasteiger partial charge in [0.2, 0.25) is 0 Å². The Hall–Kier alpha value is -1.42. The fraction of sp³-hybridized carbons (Fsp3) is 0.562. The van der Waals surface area contributed by atoms with Crippen LogP contribution in [0.4, 0.5) is 4.39 Å². The molecule has 110 valence electrons. The molecule has 1 unspecified atom stereocenters. The molecule has 3 nitrogen and oxygen atoms in total. The van der Waals surface area contributed by atoms with E-state index >= 15 is 0 Å². The summed E-state index contributed by atoms with van der Waals surface area (Å²) in [6, 6.07) is 3.21. The van der Waals surface area contributed by atoms with Crippen molar-refractivity contribution in [3.63, 3.8) is 0 Å². The van der Waals surface area contributed by atoms with Gasteiger partial charge in [-0.25, -0.2) is 4.39 Å². The lowest BCUT2D eigenvalue weighted by Crippen LogP contribution is -2.46. The molecule has 0 saturated carbocycles. The van der Waals surface area contributed by atoms with Crippen LogP contribution in [0.3, 0.4) is 0 Å². The first-order valence-corrected chi connectivity index (χ1v) is 7.03. The van der Waals surface area contributed by atoms with Crippen molar-refractivity contribution in [3.8, 4) is 0 Å². The van der Waals surface area contributed by atoms with Crippen LogP contribution in [0.5, 0.6) is 0 Å². The van der Waals surface area contributed by atoms with E-state index in [-0.39, 0.29) is 23.7 Å². The lowest BCUT2D eigenvalue weighted by molar-refractivity contribution is 0.0357. The normalized spacial score (nSPS) is 22.9. The summed E-state index contributed by atoms with van der Waals surface area (Å²) in [5.74, 6) is -0.323. The molecule has 1 N–H and O–H groups in total. The molecule has 1 aliphatic heterocycles. The Labute approximate surface area is 119 Å². The quantitative estimate of drug-likeness (QED) is 0.904. The van der Waals surface area contributed by atoms with Crippen molar-refractivity contribution in [2.75, 3.05) is 19.7 Å². The number of carbonyl (C=O) groups excluding carboxylic acids is 1. The maximum absolute atomic E-state index is 13.6. The van der Waals surface area contributed by atoms with Gasteiger partial charge in [-0.3, -0.25) is 4.79 Å². The van der Waals surface area contributed by atoms with Crippen LogP contribution in [-0.2, 0) is 0 Å². The first-order chi connectivity index (χ1) is 9.36. The summed E-state index contributed by atoms with van der Waals surface area (Å²) in [7, 11) is 0. The largest absolute Gasteiger partial charge is 0.396 e. The molecule has 0 aliphatic carbocycles. The lowest BCUT2D eigenvalue weighted by atomic mass is 9.82. The van der Waals surface area contributed by atoms with Crippen molar-refractivity contribution in [2.45, 2.75) is 33.6 Å². The molecule has 1 aliphatic rings. The fourth-order valence-corrected chi connectivity index (χ4v) is 2.87. The predicted molar refractivity (Wildman–Crippen MR) is 76.2 cm³/mol. The van der Waals surface area contributed by atoms with Gasteiger partial charge in [-0.1, -0.05) is 6.92 Å². The van der Waals surface area contributed by atoms with E-state index in [0.717, 1.165) is 12.8 Å². The smallest absolute Gasteiger partial charge is 0.253 e. The molecule has 1 fully saturated rings. The van der Waals surface area contributed by atoms with Gasteiger partial charge in [0.1, 0.15) is 5.82 Å². The fourth-order valence-electron chi connectivity index (χ4n) is 2.87. The Morgan fingerprint density at radius 2 is 2.00 bits per heavy atom. The van der Waals surface area contributed by atoms with E-state index in [2.05, 4.69) is 0 Å². The molecule has 0 spiro atoms. The van der Waals surface area contributed by atoms with E-state index in [1.807, 2.05) is 6.92 Å². The molecule has 1 heterocycles. The van der Waals surface area contributed by atoms with Gasteiger partial charge in [0.25, 0.3) is 5.91 Å². The van der Waals surface area contributed by atoms with E-state index in [1.54, 1.807) is 30.9 Å². The number of piperidine rings is 1. The zero-order valence-corrected chi connectivity index (χ0v) is 12.4. The third-order valence-electron chi connectivity index (χ3n) is 4.13. The Balaban J connectivity index is 2.23. The molecule has 1 amide bonds. The number of hydrogen-bond acceptors (Lipinski definition) is 2. The van der Waals surface area contributed by atoms with Crippen LogP contribution in [0.2, 0.25) is 0 Å². The summed E-state index contributed by atoms with van der Waals surface area (Å²) in [6.07, 6.45) is 1.82. The van der Waals surface area contributed by atoms with Gasteiger partial charge < -0.3 is 10.0 Å². The number of halogens is 1. The van der Waals surface area contributed by atoms with Crippen LogP contribution >= 0.6 is 0 Å². The molecular formula is C16H22FNO2. The maximum Gasteiger partial charge on any atom is 0.253 e. The van der Waals surface area contributed by atoms with Crippen molar-refractivity contribution in [1.82, 2.24) is 4.90 Å². The third kappa shape index (κ3) is 2.85. The zero-order valence-electron chi connectivity index (χ0n) is 12.4. The summed E-state index contributed by atoms with van der Waals surface area (Å²) in [5, 5.41) is 9.46. The van der Waals surface area contributed by atoms with E-state index in [0.29, 0.717) is 29.8 Å². The van der Waals surface area contributed by atoms with Crippen LogP contribution < -0.4 is 0 Å². The molecule has 4 heteroatoms. The number of likely N-dealkylation sites (tertiary alicyclic amines) is 1. The van der Waals surface area contributed by atoms with Crippen molar-refractivity contribution in [1.29, 1.82) is 0 Å². The van der Waals surface area contributed by atoms with Gasteiger partial charge in [0.05, 0.1) is 6.61 Å². The van der Waals surface area contributed by atoms with Gasteiger partial charge in [-0.05, 0) is 49.9 Å². The minimum atomic E-state index is -0.250. The highest BCUT2D eigenvalue weighted by atomic mass is 19.1. The van der Waals surface area contributed by atoms with Crippen LogP contribution in [0, 0.1) is 25.1 Å². The van der Waals surface area contributed by atoms with Crippen LogP contribution in [0.1, 0.15) is 41.3 Å². The summed E-state index contributed by atoms with van der Waals surface area (Å²) in [6.45, 7) is 6.67. The van der Waals surface area contributed by atoms with Crippen molar-refractivity contribution >= 4 is 5.91 Å². The maximum atomic E-state index is 13.6. The van der Waals surface area contributed by atoms with E-state index in [4.69, 9.17) is 0 Å². The lowest BCUT2D eigenvalue weighted by Gasteiger charge is -2.39. The second-order valence-electron chi connectivity index (χ2n) is 6.22. The zero-order chi connectivity index (χ0) is 14.9. The van der Waals surface area contributed by atoms with E-state index in [1.165, 1.54) is 0 Å². The molecular weight excluding hydrogens is 257 g/mol. The number of hydrogen-bond donors (Lipinski definition) is 1. The van der Waals surface area contributed by atoms with Gasteiger partial charge in [-0.2, -0.15) is 0 Å². The number of carbonyl (C=O) groups is 1. The number of aliphatic hydroxyl groups is 1. The van der Waals surface area contributed by atoms with Crippen molar-refractivity contribution in [2.24, 2.45) is 5.41 Å². The Morgan fingerprint density at radius 1 is 1.40 bits per heavy atom. The molecule has 0 radical (unpaired) electrons. The molecule has 2 rings (SSSR count). The van der Waals surface area contributed by atoms with E-state index < -0.39 is 0 Å². The van der Waals surface area contributed by atoms with Crippen LogP contribution in [0.25, 0.3) is 0 Å². The number of aryl methyl sites for hydroxylation is 2. The molecule has 1 atom stereocenters. The first-order valence-electron chi connectivity index (χ1n) is 7.03. The molecule has 0 bridgehead atoms. The molecule has 1 aromatic carbocycles. The summed E-state index contributed by atoms with van der Waals surface area (Å²) < 4.78 is 13.6. The van der Waals surface area contributed by atoms with Crippen molar-refractivity contribution < 1.29 is 14.3 Å². The number of aliphatic hydroxyl groups excluding tert-OH is 1. The van der Waals surface area contributed by atoms with Crippen LogP contribution in [0.15, 0.2) is 12.1 Å². The number of amides is 1. The third-order valence-corrected chi connectivity index (χ3v) is 4.13. The molecule has 1 aromatic rings. The van der Waals surface area contributed by atoms with Crippen LogP contribution in [-0.4, -0.2) is 35.6 Å². The first kappa shape index (κ1) is 15.0. The highest BCUT2D eigenvalue weighted by molar-refractivity contribution is 5.94. The molecule has 1 saturated heterocycles. The standard InChI is InChI=1S/C16H22FNO2/c1-11-7-13(8-12(2)14(11)17)15(20)18-6-4-5-16(3,9-18)10-19/h7-8,19H,4-6,9-10H2,1-3H3. The molecule has 20 heavy (non-hydrogen) atoms. The SMILES string of the molecule is Cc1cc(C(=O)N2CCCC(C)(CO)C2)cc(C)c1F.